The van der Waals surface area contributed by atoms with Crippen molar-refractivity contribution in [1.82, 2.24) is 4.98 Å². The normalized spacial score (nSPS) is 11.2. The Kier molecular flexibility index (Phi) is 4.31. The van der Waals surface area contributed by atoms with E-state index in [4.69, 9.17) is 32.7 Å². The lowest BCUT2D eigenvalue weighted by molar-refractivity contribution is 0.410. The summed E-state index contributed by atoms with van der Waals surface area (Å²) in [6, 6.07) is 1.69. The van der Waals surface area contributed by atoms with Crippen molar-refractivity contribution in [2.45, 2.75) is 26.7 Å². The van der Waals surface area contributed by atoms with Crippen LogP contribution in [0.15, 0.2) is 6.07 Å². The van der Waals surface area contributed by atoms with Gasteiger partial charge in [-0.25, -0.2) is 4.98 Å². The summed E-state index contributed by atoms with van der Waals surface area (Å²) in [5.41, 5.74) is 2.56. The van der Waals surface area contributed by atoms with Crippen LogP contribution >= 0.6 is 23.2 Å². The second kappa shape index (κ2) is 5.66. The van der Waals surface area contributed by atoms with E-state index in [0.29, 0.717) is 32.4 Å². The van der Waals surface area contributed by atoms with Gasteiger partial charge in [-0.1, -0.05) is 37.0 Å². The Morgan fingerprint density at radius 3 is 2.30 bits per heavy atom. The third-order valence-corrected chi connectivity index (χ3v) is 3.97. The molecule has 0 fully saturated rings. The molecule has 0 aliphatic carbocycles. The topological polar surface area (TPSA) is 31.4 Å². The van der Waals surface area contributed by atoms with Crippen LogP contribution in [0.25, 0.3) is 10.9 Å². The molecule has 1 heterocycles. The fourth-order valence-corrected chi connectivity index (χ4v) is 3.26. The van der Waals surface area contributed by atoms with Crippen molar-refractivity contribution in [3.05, 3.63) is 27.4 Å². The SMILES string of the molecule is COc1cc(Cl)c(OC)c2c(Cl)c(C(C)C)c(C)nc12. The molecule has 5 heteroatoms. The highest BCUT2D eigenvalue weighted by molar-refractivity contribution is 6.39. The summed E-state index contributed by atoms with van der Waals surface area (Å²) in [5, 5.41) is 1.78. The second-order valence-electron chi connectivity index (χ2n) is 4.90. The number of halogens is 2. The average Bonchev–Trinajstić information content (AvgIpc) is 2.38. The third kappa shape index (κ3) is 2.29. The predicted octanol–water partition coefficient (Wildman–Crippen LogP) is 4.99. The van der Waals surface area contributed by atoms with E-state index < -0.39 is 0 Å². The van der Waals surface area contributed by atoms with E-state index >= 15 is 0 Å². The number of rotatable bonds is 3. The molecule has 0 amide bonds. The van der Waals surface area contributed by atoms with E-state index in [2.05, 4.69) is 18.8 Å². The summed E-state index contributed by atoms with van der Waals surface area (Å²) in [6.07, 6.45) is 0. The molecule has 0 N–H and O–H groups in total. The van der Waals surface area contributed by atoms with Gasteiger partial charge in [0, 0.05) is 11.8 Å². The maximum absolute atomic E-state index is 6.59. The van der Waals surface area contributed by atoms with Crippen LogP contribution in [-0.2, 0) is 0 Å². The lowest BCUT2D eigenvalue weighted by Crippen LogP contribution is -2.01. The first-order chi connectivity index (χ1) is 9.42. The van der Waals surface area contributed by atoms with Gasteiger partial charge in [-0.2, -0.15) is 0 Å². The summed E-state index contributed by atoms with van der Waals surface area (Å²) in [5.74, 6) is 1.38. The molecule has 2 rings (SSSR count). The Balaban J connectivity index is 3.01. The molecule has 3 nitrogen and oxygen atoms in total. The lowest BCUT2D eigenvalue weighted by atomic mass is 9.99. The first kappa shape index (κ1) is 15.2. The smallest absolute Gasteiger partial charge is 0.148 e. The van der Waals surface area contributed by atoms with Gasteiger partial charge in [0.05, 0.1) is 29.7 Å². The summed E-state index contributed by atoms with van der Waals surface area (Å²) >= 11 is 12.8. The number of benzene rings is 1. The lowest BCUT2D eigenvalue weighted by Gasteiger charge is -2.18. The zero-order valence-electron chi connectivity index (χ0n) is 12.2. The van der Waals surface area contributed by atoms with Gasteiger partial charge in [-0.05, 0) is 18.4 Å². The van der Waals surface area contributed by atoms with Gasteiger partial charge in [0.1, 0.15) is 17.0 Å². The van der Waals surface area contributed by atoms with Gasteiger partial charge in [-0.15, -0.1) is 0 Å². The fourth-order valence-electron chi connectivity index (χ4n) is 2.46. The molecule has 1 aromatic carbocycles. The van der Waals surface area contributed by atoms with Crippen molar-refractivity contribution >= 4 is 34.1 Å². The third-order valence-electron chi connectivity index (χ3n) is 3.30. The van der Waals surface area contributed by atoms with Crippen LogP contribution in [0.4, 0.5) is 0 Å². The van der Waals surface area contributed by atoms with Gasteiger partial charge >= 0.3 is 0 Å². The standard InChI is InChI=1S/C15H17Cl2NO2/c1-7(2)11-8(3)18-14-10(19-4)6-9(16)15(20-5)12(14)13(11)17/h6-7H,1-5H3. The summed E-state index contributed by atoms with van der Waals surface area (Å²) in [7, 11) is 3.15. The molecule has 0 spiro atoms. The number of pyridine rings is 1. The first-order valence-electron chi connectivity index (χ1n) is 6.32. The Morgan fingerprint density at radius 2 is 1.80 bits per heavy atom. The Bertz CT molecular complexity index is 669. The van der Waals surface area contributed by atoms with Crippen molar-refractivity contribution in [2.75, 3.05) is 14.2 Å². The van der Waals surface area contributed by atoms with Crippen LogP contribution in [0.5, 0.6) is 11.5 Å². The quantitative estimate of drug-likeness (QED) is 0.799. The molecular formula is C15H17Cl2NO2. The number of hydrogen-bond acceptors (Lipinski definition) is 3. The largest absolute Gasteiger partial charge is 0.494 e. The van der Waals surface area contributed by atoms with Crippen LogP contribution < -0.4 is 9.47 Å². The maximum atomic E-state index is 6.59. The molecule has 1 aromatic heterocycles. The number of nitrogens with zero attached hydrogens (tertiary/aromatic N) is 1. The zero-order chi connectivity index (χ0) is 15.0. The van der Waals surface area contributed by atoms with Crippen LogP contribution in [0.2, 0.25) is 10.0 Å². The minimum atomic E-state index is 0.258. The number of fused-ring (bicyclic) bond motifs is 1. The Morgan fingerprint density at radius 1 is 1.15 bits per heavy atom. The van der Waals surface area contributed by atoms with E-state index in [9.17, 15) is 0 Å². The van der Waals surface area contributed by atoms with Gasteiger partial charge in [-0.3, -0.25) is 0 Å². The van der Waals surface area contributed by atoms with Crippen LogP contribution in [-0.4, -0.2) is 19.2 Å². The van der Waals surface area contributed by atoms with E-state index in [0.717, 1.165) is 11.3 Å². The van der Waals surface area contributed by atoms with Gasteiger partial charge < -0.3 is 9.47 Å². The fraction of sp³-hybridized carbons (Fsp3) is 0.400. The van der Waals surface area contributed by atoms with E-state index in [-0.39, 0.29) is 5.92 Å². The summed E-state index contributed by atoms with van der Waals surface area (Å²) < 4.78 is 10.8. The second-order valence-corrected chi connectivity index (χ2v) is 5.68. The molecule has 0 saturated heterocycles. The number of ether oxygens (including phenoxy) is 2. The summed E-state index contributed by atoms with van der Waals surface area (Å²) in [4.78, 5) is 4.63. The van der Waals surface area contributed by atoms with E-state index in [1.165, 1.54) is 0 Å². The molecule has 0 unspecified atom stereocenters. The highest BCUT2D eigenvalue weighted by Gasteiger charge is 2.21. The highest BCUT2D eigenvalue weighted by Crippen LogP contribution is 2.44. The van der Waals surface area contributed by atoms with Crippen LogP contribution in [0.3, 0.4) is 0 Å². The monoisotopic (exact) mass is 313 g/mol. The van der Waals surface area contributed by atoms with Gasteiger partial charge in [0.2, 0.25) is 0 Å². The summed E-state index contributed by atoms with van der Waals surface area (Å²) in [6.45, 7) is 6.10. The number of methoxy groups -OCH3 is 2. The molecular weight excluding hydrogens is 297 g/mol. The molecule has 0 bridgehead atoms. The Labute approximate surface area is 128 Å². The van der Waals surface area contributed by atoms with Crippen molar-refractivity contribution in [3.8, 4) is 11.5 Å². The first-order valence-corrected chi connectivity index (χ1v) is 7.08. The molecule has 20 heavy (non-hydrogen) atoms. The molecule has 0 atom stereocenters. The minimum absolute atomic E-state index is 0.258. The van der Waals surface area contributed by atoms with E-state index in [1.54, 1.807) is 20.3 Å². The molecule has 0 aliphatic rings. The van der Waals surface area contributed by atoms with Crippen molar-refractivity contribution in [1.29, 1.82) is 0 Å². The molecule has 0 saturated carbocycles. The Hall–Kier alpha value is -1.19. The number of aryl methyl sites for hydroxylation is 1. The number of aromatic nitrogens is 1. The molecule has 108 valence electrons. The predicted molar refractivity (Wildman–Crippen MR) is 83.7 cm³/mol. The van der Waals surface area contributed by atoms with E-state index in [1.807, 2.05) is 6.92 Å². The van der Waals surface area contributed by atoms with Crippen LogP contribution in [0, 0.1) is 6.92 Å². The van der Waals surface area contributed by atoms with Crippen molar-refractivity contribution in [3.63, 3.8) is 0 Å². The van der Waals surface area contributed by atoms with Gasteiger partial charge in [0.25, 0.3) is 0 Å². The number of hydrogen-bond donors (Lipinski definition) is 0. The highest BCUT2D eigenvalue weighted by atomic mass is 35.5. The molecule has 0 radical (unpaired) electrons. The maximum Gasteiger partial charge on any atom is 0.148 e. The van der Waals surface area contributed by atoms with Gasteiger partial charge in [0.15, 0.2) is 0 Å². The molecule has 0 aliphatic heterocycles. The van der Waals surface area contributed by atoms with Crippen molar-refractivity contribution < 1.29 is 9.47 Å². The average molecular weight is 314 g/mol. The minimum Gasteiger partial charge on any atom is -0.494 e. The van der Waals surface area contributed by atoms with Crippen LogP contribution in [0.1, 0.15) is 31.0 Å². The zero-order valence-corrected chi connectivity index (χ0v) is 13.7. The molecule has 2 aromatic rings. The van der Waals surface area contributed by atoms with Crippen molar-refractivity contribution in [2.24, 2.45) is 0 Å².